The minimum Gasteiger partial charge on any atom is -0.324 e. The number of amides is 1. The van der Waals surface area contributed by atoms with Crippen molar-refractivity contribution in [2.75, 3.05) is 24.2 Å². The van der Waals surface area contributed by atoms with Gasteiger partial charge in [0.1, 0.15) is 11.4 Å². The van der Waals surface area contributed by atoms with Crippen molar-refractivity contribution in [2.45, 2.75) is 23.8 Å². The number of carbonyl (C=O) groups is 1. The lowest BCUT2D eigenvalue weighted by Gasteiger charge is -2.19. The van der Waals surface area contributed by atoms with Gasteiger partial charge in [0.05, 0.1) is 38.6 Å². The van der Waals surface area contributed by atoms with E-state index in [9.17, 15) is 13.2 Å². The molecule has 1 amide bonds. The average Bonchev–Trinajstić information content (AvgIpc) is 3.30. The molecule has 0 radical (unpaired) electrons. The third-order valence-electron chi connectivity index (χ3n) is 5.23. The Morgan fingerprint density at radius 1 is 1.11 bits per heavy atom. The minimum absolute atomic E-state index is 0.0337. The van der Waals surface area contributed by atoms with Crippen molar-refractivity contribution in [3.8, 4) is 5.69 Å². The molecule has 0 unspecified atom stereocenters. The van der Waals surface area contributed by atoms with Gasteiger partial charge < -0.3 is 5.32 Å². The van der Waals surface area contributed by atoms with E-state index in [1.54, 1.807) is 24.7 Å². The van der Waals surface area contributed by atoms with Crippen LogP contribution in [0.4, 0.5) is 5.69 Å². The van der Waals surface area contributed by atoms with E-state index in [4.69, 9.17) is 11.6 Å². The molecule has 0 fully saturated rings. The number of carbonyl (C=O) groups excluding carboxylic acids is 1. The maximum absolute atomic E-state index is 12.8. The molecule has 35 heavy (non-hydrogen) atoms. The number of nitrogens with zero attached hydrogens (tertiary/aromatic N) is 5. The van der Waals surface area contributed by atoms with Crippen LogP contribution in [0.3, 0.4) is 0 Å². The molecule has 0 aliphatic heterocycles. The second kappa shape index (κ2) is 10.7. The summed E-state index contributed by atoms with van der Waals surface area (Å²) >= 11 is 7.46. The summed E-state index contributed by atoms with van der Waals surface area (Å²) in [5.74, 6) is -0.317. The molecule has 182 valence electrons. The van der Waals surface area contributed by atoms with Crippen LogP contribution in [-0.2, 0) is 14.8 Å². The maximum atomic E-state index is 12.8. The third kappa shape index (κ3) is 5.32. The van der Waals surface area contributed by atoms with E-state index in [0.717, 1.165) is 11.1 Å². The van der Waals surface area contributed by atoms with E-state index in [1.807, 2.05) is 30.3 Å². The number of fused-ring (bicyclic) bond motifs is 1. The van der Waals surface area contributed by atoms with Crippen LogP contribution in [0.15, 0.2) is 71.0 Å². The molecule has 1 N–H and O–H groups in total. The summed E-state index contributed by atoms with van der Waals surface area (Å²) in [4.78, 5) is 21.4. The lowest BCUT2D eigenvalue weighted by Crippen LogP contribution is -2.30. The zero-order valence-corrected chi connectivity index (χ0v) is 21.4. The highest BCUT2D eigenvalue weighted by Crippen LogP contribution is 2.29. The molecule has 9 nitrogen and oxygen atoms in total. The van der Waals surface area contributed by atoms with Crippen molar-refractivity contribution >= 4 is 56.0 Å². The number of para-hydroxylation sites is 1. The number of halogens is 1. The molecule has 4 aromatic rings. The van der Waals surface area contributed by atoms with Crippen molar-refractivity contribution in [1.29, 1.82) is 0 Å². The first-order chi connectivity index (χ1) is 16.8. The van der Waals surface area contributed by atoms with E-state index < -0.39 is 10.0 Å². The topological polar surface area (TPSA) is 110 Å². The van der Waals surface area contributed by atoms with Gasteiger partial charge in [0, 0.05) is 13.1 Å². The van der Waals surface area contributed by atoms with Gasteiger partial charge in [0.15, 0.2) is 5.65 Å². The summed E-state index contributed by atoms with van der Waals surface area (Å²) in [6.07, 6.45) is 3.10. The smallest absolute Gasteiger partial charge is 0.243 e. The van der Waals surface area contributed by atoms with Gasteiger partial charge >= 0.3 is 0 Å². The summed E-state index contributed by atoms with van der Waals surface area (Å²) in [5, 5.41) is 8.70. The average molecular weight is 531 g/mol. The van der Waals surface area contributed by atoms with Gasteiger partial charge in [0.2, 0.25) is 15.9 Å². The third-order valence-corrected chi connectivity index (χ3v) is 8.61. The number of aromatic nitrogens is 4. The molecule has 2 heterocycles. The minimum atomic E-state index is -3.68. The molecule has 0 saturated heterocycles. The number of rotatable bonds is 9. The normalized spacial score (nSPS) is 11.8. The first-order valence-electron chi connectivity index (χ1n) is 10.8. The fourth-order valence-corrected chi connectivity index (χ4v) is 5.90. The number of hydrogen-bond donors (Lipinski definition) is 1. The Hall–Kier alpha value is -2.99. The van der Waals surface area contributed by atoms with E-state index >= 15 is 0 Å². The van der Waals surface area contributed by atoms with Gasteiger partial charge in [-0.05, 0) is 30.3 Å². The molecule has 0 spiro atoms. The van der Waals surface area contributed by atoms with Crippen LogP contribution in [0, 0.1) is 0 Å². The number of sulfonamides is 1. The summed E-state index contributed by atoms with van der Waals surface area (Å²) in [6, 6.07) is 13.9. The lowest BCUT2D eigenvalue weighted by atomic mass is 10.3. The standard InChI is InChI=1S/C23H23ClN6O3S2/c1-3-29(4-2)35(32,33)17-10-11-19(24)20(12-17)28-21(31)14-34-23-18-13-27-30(22(18)25-15-26-23)16-8-6-5-7-9-16/h5-13,15H,3-4,14H2,1-2H3,(H,28,31). The van der Waals surface area contributed by atoms with Crippen LogP contribution in [0.5, 0.6) is 0 Å². The molecular formula is C23H23ClN6O3S2. The van der Waals surface area contributed by atoms with Crippen molar-refractivity contribution in [3.05, 3.63) is 66.1 Å². The Kier molecular flexibility index (Phi) is 7.70. The van der Waals surface area contributed by atoms with Crippen LogP contribution < -0.4 is 5.32 Å². The molecule has 2 aromatic heterocycles. The van der Waals surface area contributed by atoms with Gasteiger partial charge in [-0.25, -0.2) is 23.1 Å². The monoisotopic (exact) mass is 530 g/mol. The van der Waals surface area contributed by atoms with Gasteiger partial charge in [0.25, 0.3) is 0 Å². The van der Waals surface area contributed by atoms with Crippen LogP contribution in [0.2, 0.25) is 5.02 Å². The summed E-state index contributed by atoms with van der Waals surface area (Å²) in [5.41, 5.74) is 1.73. The second-order valence-corrected chi connectivity index (χ2v) is 10.7. The van der Waals surface area contributed by atoms with E-state index in [2.05, 4.69) is 20.4 Å². The highest BCUT2D eigenvalue weighted by molar-refractivity contribution is 8.00. The van der Waals surface area contributed by atoms with Crippen LogP contribution >= 0.6 is 23.4 Å². The van der Waals surface area contributed by atoms with E-state index in [1.165, 1.54) is 40.6 Å². The maximum Gasteiger partial charge on any atom is 0.243 e. The molecule has 0 bridgehead atoms. The fourth-order valence-electron chi connectivity index (χ4n) is 3.49. The Morgan fingerprint density at radius 3 is 2.57 bits per heavy atom. The number of hydrogen-bond acceptors (Lipinski definition) is 7. The van der Waals surface area contributed by atoms with Crippen molar-refractivity contribution in [3.63, 3.8) is 0 Å². The number of anilines is 1. The van der Waals surface area contributed by atoms with Gasteiger partial charge in [-0.1, -0.05) is 55.4 Å². The van der Waals surface area contributed by atoms with Crippen molar-refractivity contribution in [2.24, 2.45) is 0 Å². The zero-order valence-electron chi connectivity index (χ0n) is 19.1. The number of thioether (sulfide) groups is 1. The Balaban J connectivity index is 1.50. The first kappa shape index (κ1) is 25.1. The largest absolute Gasteiger partial charge is 0.324 e. The number of nitrogens with one attached hydrogen (secondary N) is 1. The van der Waals surface area contributed by atoms with Crippen LogP contribution in [0.25, 0.3) is 16.7 Å². The fraction of sp³-hybridized carbons (Fsp3) is 0.217. The highest BCUT2D eigenvalue weighted by Gasteiger charge is 2.23. The molecule has 2 aromatic carbocycles. The molecule has 4 rings (SSSR count). The van der Waals surface area contributed by atoms with Crippen LogP contribution in [0.1, 0.15) is 13.8 Å². The van der Waals surface area contributed by atoms with Gasteiger partial charge in [-0.2, -0.15) is 9.40 Å². The van der Waals surface area contributed by atoms with Crippen molar-refractivity contribution < 1.29 is 13.2 Å². The van der Waals surface area contributed by atoms with E-state index in [-0.39, 0.29) is 27.3 Å². The predicted molar refractivity (Wildman–Crippen MR) is 138 cm³/mol. The number of benzene rings is 2. The molecule has 0 aliphatic carbocycles. The highest BCUT2D eigenvalue weighted by atomic mass is 35.5. The van der Waals surface area contributed by atoms with Gasteiger partial charge in [-0.15, -0.1) is 0 Å². The Labute approximate surface area is 212 Å². The molecule has 0 aliphatic rings. The summed E-state index contributed by atoms with van der Waals surface area (Å²) in [6.45, 7) is 4.22. The molecule has 12 heteroatoms. The molecule has 0 atom stereocenters. The Morgan fingerprint density at radius 2 is 1.86 bits per heavy atom. The van der Waals surface area contributed by atoms with Crippen LogP contribution in [-0.4, -0.2) is 57.2 Å². The first-order valence-corrected chi connectivity index (χ1v) is 13.6. The van der Waals surface area contributed by atoms with Crippen molar-refractivity contribution in [1.82, 2.24) is 24.1 Å². The molecular weight excluding hydrogens is 508 g/mol. The zero-order chi connectivity index (χ0) is 25.0. The predicted octanol–water partition coefficient (Wildman–Crippen LogP) is 4.23. The Bertz CT molecular complexity index is 1460. The SMILES string of the molecule is CCN(CC)S(=O)(=O)c1ccc(Cl)c(NC(=O)CSc2ncnc3c2cnn3-c2ccccc2)c1. The summed E-state index contributed by atoms with van der Waals surface area (Å²) < 4.78 is 28.7. The van der Waals surface area contributed by atoms with E-state index in [0.29, 0.717) is 23.8 Å². The second-order valence-electron chi connectivity index (χ2n) is 7.38. The lowest BCUT2D eigenvalue weighted by molar-refractivity contribution is -0.113. The molecule has 0 saturated carbocycles. The summed E-state index contributed by atoms with van der Waals surface area (Å²) in [7, 11) is -3.68. The quantitative estimate of drug-likeness (QED) is 0.254. The van der Waals surface area contributed by atoms with Gasteiger partial charge in [-0.3, -0.25) is 4.79 Å².